The van der Waals surface area contributed by atoms with E-state index in [2.05, 4.69) is 0 Å². The highest BCUT2D eigenvalue weighted by atomic mass is 32.2. The Morgan fingerprint density at radius 3 is 2.57 bits per heavy atom. The van der Waals surface area contributed by atoms with Gasteiger partial charge in [0, 0.05) is 0 Å². The van der Waals surface area contributed by atoms with Gasteiger partial charge in [0.2, 0.25) is 10.0 Å². The largest absolute Gasteiger partial charge is 0.495 e. The van der Waals surface area contributed by atoms with Crippen molar-refractivity contribution < 1.29 is 22.7 Å². The predicted molar refractivity (Wildman–Crippen MR) is 78.5 cm³/mol. The maximum Gasteiger partial charge on any atom is 0.310 e. The minimum absolute atomic E-state index is 0.0133. The van der Waals surface area contributed by atoms with Crippen molar-refractivity contribution in [2.45, 2.75) is 44.1 Å². The molecule has 0 saturated carbocycles. The number of rotatable bonds is 7. The monoisotopic (exact) mass is 315 g/mol. The summed E-state index contributed by atoms with van der Waals surface area (Å²) in [6, 6.07) is 4.41. The van der Waals surface area contributed by atoms with Gasteiger partial charge in [0.25, 0.3) is 0 Å². The average molecular weight is 315 g/mol. The summed E-state index contributed by atoms with van der Waals surface area (Å²) in [5.41, 5.74) is 0.508. The van der Waals surface area contributed by atoms with Crippen molar-refractivity contribution in [2.75, 3.05) is 7.11 Å². The number of ether oxygens (including phenoxy) is 2. The lowest BCUT2D eigenvalue weighted by Gasteiger charge is -2.13. The van der Waals surface area contributed by atoms with E-state index in [-0.39, 0.29) is 23.2 Å². The van der Waals surface area contributed by atoms with Crippen LogP contribution in [-0.4, -0.2) is 27.6 Å². The van der Waals surface area contributed by atoms with Gasteiger partial charge in [-0.05, 0) is 31.0 Å². The second-order valence-electron chi connectivity index (χ2n) is 4.80. The number of esters is 1. The molecule has 0 heterocycles. The molecular formula is C14H21NO5S. The van der Waals surface area contributed by atoms with Crippen LogP contribution in [0, 0.1) is 0 Å². The van der Waals surface area contributed by atoms with E-state index < -0.39 is 16.0 Å². The first kappa shape index (κ1) is 17.5. The summed E-state index contributed by atoms with van der Waals surface area (Å²) in [6.45, 7) is 3.83. The molecule has 7 heteroatoms. The lowest BCUT2D eigenvalue weighted by Crippen LogP contribution is -2.17. The Labute approximate surface area is 125 Å². The Balaban J connectivity index is 2.88. The molecule has 6 nitrogen and oxygen atoms in total. The third-order valence-electron chi connectivity index (χ3n) is 2.91. The lowest BCUT2D eigenvalue weighted by molar-refractivity contribution is -0.147. The van der Waals surface area contributed by atoms with Gasteiger partial charge < -0.3 is 9.47 Å². The molecule has 0 fully saturated rings. The van der Waals surface area contributed by atoms with Gasteiger partial charge in [-0.15, -0.1) is 0 Å². The van der Waals surface area contributed by atoms with Crippen LogP contribution in [-0.2, 0) is 26.0 Å². The summed E-state index contributed by atoms with van der Waals surface area (Å²) in [5, 5.41) is 5.13. The van der Waals surface area contributed by atoms with Gasteiger partial charge in [-0.2, -0.15) is 0 Å². The van der Waals surface area contributed by atoms with E-state index in [0.29, 0.717) is 5.56 Å². The van der Waals surface area contributed by atoms with Crippen LogP contribution in [0.15, 0.2) is 23.1 Å². The van der Waals surface area contributed by atoms with E-state index in [9.17, 15) is 13.2 Å². The molecule has 1 rings (SSSR count). The minimum atomic E-state index is -3.91. The summed E-state index contributed by atoms with van der Waals surface area (Å²) in [7, 11) is -2.56. The maximum atomic E-state index is 11.8. The van der Waals surface area contributed by atoms with Crippen LogP contribution < -0.4 is 9.88 Å². The molecule has 21 heavy (non-hydrogen) atoms. The first-order chi connectivity index (χ1) is 9.77. The smallest absolute Gasteiger partial charge is 0.310 e. The van der Waals surface area contributed by atoms with E-state index in [0.717, 1.165) is 12.8 Å². The highest BCUT2D eigenvalue weighted by molar-refractivity contribution is 7.89. The molecule has 0 bridgehead atoms. The number of hydrogen-bond donors (Lipinski definition) is 1. The predicted octanol–water partition coefficient (Wildman–Crippen LogP) is 1.62. The number of sulfonamides is 1. The third-order valence-corrected chi connectivity index (χ3v) is 3.84. The molecule has 0 aromatic heterocycles. The standard InChI is InChI=1S/C14H21NO5S/c1-4-5-10(2)20-14(16)9-11-6-7-12(19-3)13(8-11)21(15,17)18/h6-8,10H,4-5,9H2,1-3H3,(H2,15,17,18). The van der Waals surface area contributed by atoms with Crippen molar-refractivity contribution in [3.05, 3.63) is 23.8 Å². The molecule has 0 aliphatic carbocycles. The maximum absolute atomic E-state index is 11.8. The van der Waals surface area contributed by atoms with Crippen LogP contribution in [0.3, 0.4) is 0 Å². The molecular weight excluding hydrogens is 294 g/mol. The molecule has 1 atom stereocenters. The van der Waals surface area contributed by atoms with E-state index in [1.54, 1.807) is 6.07 Å². The molecule has 1 unspecified atom stereocenters. The second kappa shape index (κ2) is 7.42. The third kappa shape index (κ3) is 5.35. The molecule has 0 amide bonds. The Morgan fingerprint density at radius 2 is 2.05 bits per heavy atom. The number of carbonyl (C=O) groups is 1. The molecule has 0 aliphatic heterocycles. The molecule has 0 aliphatic rings. The van der Waals surface area contributed by atoms with Crippen molar-refractivity contribution in [2.24, 2.45) is 5.14 Å². The van der Waals surface area contributed by atoms with Gasteiger partial charge in [0.15, 0.2) is 0 Å². The molecule has 2 N–H and O–H groups in total. The zero-order valence-electron chi connectivity index (χ0n) is 12.5. The van der Waals surface area contributed by atoms with E-state index >= 15 is 0 Å². The van der Waals surface area contributed by atoms with Gasteiger partial charge in [-0.1, -0.05) is 19.4 Å². The van der Waals surface area contributed by atoms with E-state index in [1.807, 2.05) is 13.8 Å². The molecule has 1 aromatic carbocycles. The Morgan fingerprint density at radius 1 is 1.38 bits per heavy atom. The number of primary sulfonamides is 1. The number of nitrogens with two attached hydrogens (primary N) is 1. The van der Waals surface area contributed by atoms with Crippen molar-refractivity contribution >= 4 is 16.0 Å². The quantitative estimate of drug-likeness (QED) is 0.771. The van der Waals surface area contributed by atoms with E-state index in [4.69, 9.17) is 14.6 Å². The van der Waals surface area contributed by atoms with Gasteiger partial charge in [0.05, 0.1) is 19.6 Å². The van der Waals surface area contributed by atoms with Crippen molar-refractivity contribution in [1.82, 2.24) is 0 Å². The average Bonchev–Trinajstić information content (AvgIpc) is 2.37. The summed E-state index contributed by atoms with van der Waals surface area (Å²) >= 11 is 0. The second-order valence-corrected chi connectivity index (χ2v) is 6.33. The Bertz CT molecular complexity index is 597. The fourth-order valence-corrected chi connectivity index (χ4v) is 2.70. The van der Waals surface area contributed by atoms with Crippen LogP contribution in [0.4, 0.5) is 0 Å². The number of methoxy groups -OCH3 is 1. The SMILES string of the molecule is CCCC(C)OC(=O)Cc1ccc(OC)c(S(N)(=O)=O)c1. The van der Waals surface area contributed by atoms with Crippen LogP contribution in [0.5, 0.6) is 5.75 Å². The lowest BCUT2D eigenvalue weighted by atomic mass is 10.1. The molecule has 1 aromatic rings. The van der Waals surface area contributed by atoms with Gasteiger partial charge in [0.1, 0.15) is 10.6 Å². The number of hydrogen-bond acceptors (Lipinski definition) is 5. The fraction of sp³-hybridized carbons (Fsp3) is 0.500. The number of carbonyl (C=O) groups excluding carboxylic acids is 1. The van der Waals surface area contributed by atoms with Gasteiger partial charge in [-0.3, -0.25) is 4.79 Å². The Hall–Kier alpha value is -1.60. The summed E-state index contributed by atoms with van der Waals surface area (Å²) in [5.74, 6) is -0.254. The van der Waals surface area contributed by atoms with Crippen LogP contribution >= 0.6 is 0 Å². The summed E-state index contributed by atoms with van der Waals surface area (Å²) in [4.78, 5) is 11.6. The van der Waals surface area contributed by atoms with E-state index in [1.165, 1.54) is 19.2 Å². The summed E-state index contributed by atoms with van der Waals surface area (Å²) in [6.07, 6.45) is 1.54. The van der Waals surface area contributed by atoms with Crippen molar-refractivity contribution in [3.8, 4) is 5.75 Å². The number of benzene rings is 1. The molecule has 118 valence electrons. The van der Waals surface area contributed by atoms with Crippen molar-refractivity contribution in [3.63, 3.8) is 0 Å². The zero-order chi connectivity index (χ0) is 16.0. The van der Waals surface area contributed by atoms with Gasteiger partial charge >= 0.3 is 5.97 Å². The molecule has 0 saturated heterocycles. The zero-order valence-corrected chi connectivity index (χ0v) is 13.3. The highest BCUT2D eigenvalue weighted by Gasteiger charge is 2.17. The highest BCUT2D eigenvalue weighted by Crippen LogP contribution is 2.24. The van der Waals surface area contributed by atoms with Gasteiger partial charge in [-0.25, -0.2) is 13.6 Å². The normalized spacial score (nSPS) is 12.8. The van der Waals surface area contributed by atoms with Crippen LogP contribution in [0.2, 0.25) is 0 Å². The molecule has 0 spiro atoms. The first-order valence-corrected chi connectivity index (χ1v) is 8.21. The van der Waals surface area contributed by atoms with Crippen LogP contribution in [0.1, 0.15) is 32.3 Å². The fourth-order valence-electron chi connectivity index (χ4n) is 1.95. The van der Waals surface area contributed by atoms with Crippen LogP contribution in [0.25, 0.3) is 0 Å². The van der Waals surface area contributed by atoms with Crippen molar-refractivity contribution in [1.29, 1.82) is 0 Å². The Kier molecular flexibility index (Phi) is 6.17. The minimum Gasteiger partial charge on any atom is -0.495 e. The first-order valence-electron chi connectivity index (χ1n) is 6.67. The topological polar surface area (TPSA) is 95.7 Å². The molecule has 0 radical (unpaired) electrons. The summed E-state index contributed by atoms with van der Waals surface area (Å²) < 4.78 is 33.2.